The Kier molecular flexibility index (Phi) is 7.20. The van der Waals surface area contributed by atoms with Gasteiger partial charge in [0.15, 0.2) is 0 Å². The number of carbonyl (C=O) groups is 1. The zero-order valence-electron chi connectivity index (χ0n) is 19.4. The fourth-order valence-electron chi connectivity index (χ4n) is 4.52. The lowest BCUT2D eigenvalue weighted by molar-refractivity contribution is 0.0935. The highest BCUT2D eigenvalue weighted by Gasteiger charge is 2.27. The number of nitrogens with zero attached hydrogens (tertiary/aromatic N) is 2. The summed E-state index contributed by atoms with van der Waals surface area (Å²) in [6, 6.07) is 9.24. The molecule has 1 saturated heterocycles. The van der Waals surface area contributed by atoms with Crippen LogP contribution in [0.1, 0.15) is 48.8 Å². The van der Waals surface area contributed by atoms with Crippen LogP contribution in [-0.4, -0.2) is 61.2 Å². The van der Waals surface area contributed by atoms with Crippen LogP contribution in [0.2, 0.25) is 0 Å². The number of sulfonamides is 1. The minimum atomic E-state index is -3.72. The van der Waals surface area contributed by atoms with Gasteiger partial charge in [0.2, 0.25) is 15.6 Å². The molecular weight excluding hydrogens is 456 g/mol. The Labute approximate surface area is 198 Å². The molecule has 182 valence electrons. The largest absolute Gasteiger partial charge is 0.468 e. The number of amides is 1. The summed E-state index contributed by atoms with van der Waals surface area (Å²) in [6.45, 7) is 6.35. The van der Waals surface area contributed by atoms with Crippen LogP contribution in [0.25, 0.3) is 10.9 Å². The van der Waals surface area contributed by atoms with Crippen LogP contribution in [-0.2, 0) is 10.0 Å². The number of pyridine rings is 1. The van der Waals surface area contributed by atoms with E-state index in [1.807, 2.05) is 12.1 Å². The Balaban J connectivity index is 1.66. The molecule has 2 aromatic heterocycles. The van der Waals surface area contributed by atoms with Gasteiger partial charge in [-0.2, -0.15) is 4.31 Å². The topological polar surface area (TPSA) is 116 Å². The van der Waals surface area contributed by atoms with Gasteiger partial charge in [-0.15, -0.1) is 0 Å². The lowest BCUT2D eigenvalue weighted by Crippen LogP contribution is -2.37. The average molecular weight is 487 g/mol. The van der Waals surface area contributed by atoms with Gasteiger partial charge < -0.3 is 14.7 Å². The van der Waals surface area contributed by atoms with Crippen molar-refractivity contribution in [3.63, 3.8) is 0 Å². The molecule has 3 aromatic rings. The third kappa shape index (κ3) is 4.79. The van der Waals surface area contributed by atoms with Crippen molar-refractivity contribution in [2.75, 3.05) is 32.7 Å². The van der Waals surface area contributed by atoms with Gasteiger partial charge in [0.25, 0.3) is 5.91 Å². The molecule has 1 aliphatic rings. The second-order valence-electron chi connectivity index (χ2n) is 8.33. The summed E-state index contributed by atoms with van der Waals surface area (Å²) in [4.78, 5) is 30.5. The first kappa shape index (κ1) is 24.2. The van der Waals surface area contributed by atoms with E-state index in [2.05, 4.69) is 15.2 Å². The smallest absolute Gasteiger partial charge is 0.252 e. The fraction of sp³-hybridized carbons (Fsp3) is 0.417. The molecule has 3 heterocycles. The molecule has 0 unspecified atom stereocenters. The van der Waals surface area contributed by atoms with Gasteiger partial charge in [0.05, 0.1) is 22.8 Å². The molecule has 34 heavy (non-hydrogen) atoms. The molecule has 4 rings (SSSR count). The predicted octanol–water partition coefficient (Wildman–Crippen LogP) is 2.72. The molecule has 0 bridgehead atoms. The lowest BCUT2D eigenvalue weighted by atomic mass is 10.1. The van der Waals surface area contributed by atoms with E-state index in [0.717, 1.165) is 31.7 Å². The normalized spacial score (nSPS) is 15.7. The van der Waals surface area contributed by atoms with E-state index < -0.39 is 21.5 Å². The van der Waals surface area contributed by atoms with Crippen molar-refractivity contribution in [3.8, 4) is 0 Å². The van der Waals surface area contributed by atoms with E-state index in [4.69, 9.17) is 4.42 Å². The third-order valence-electron chi connectivity index (χ3n) is 6.31. The van der Waals surface area contributed by atoms with Crippen LogP contribution in [0.3, 0.4) is 0 Å². The van der Waals surface area contributed by atoms with Crippen LogP contribution in [0.5, 0.6) is 0 Å². The summed E-state index contributed by atoms with van der Waals surface area (Å²) in [5.74, 6) is 0.329. The number of aromatic nitrogens is 1. The van der Waals surface area contributed by atoms with Crippen molar-refractivity contribution < 1.29 is 17.6 Å². The third-order valence-corrected chi connectivity index (χ3v) is 8.36. The molecule has 0 saturated carbocycles. The SMILES string of the molecule is CCN(CC)S(=O)(=O)c1ccc2[nH]c(=O)cc(C(=O)NC[C@H](c3ccco3)N3CCCC3)c2c1. The molecule has 1 atom stereocenters. The van der Waals surface area contributed by atoms with Gasteiger partial charge in [0, 0.05) is 36.6 Å². The highest BCUT2D eigenvalue weighted by molar-refractivity contribution is 7.89. The van der Waals surface area contributed by atoms with E-state index in [-0.39, 0.29) is 16.5 Å². The Hall–Kier alpha value is -2.95. The molecular formula is C24H30N4O5S. The Morgan fingerprint density at radius 1 is 1.18 bits per heavy atom. The van der Waals surface area contributed by atoms with E-state index in [0.29, 0.717) is 30.5 Å². The fourth-order valence-corrected chi connectivity index (χ4v) is 6.01. The number of hydrogen-bond acceptors (Lipinski definition) is 6. The van der Waals surface area contributed by atoms with Crippen molar-refractivity contribution in [3.05, 3.63) is 64.3 Å². The van der Waals surface area contributed by atoms with Crippen molar-refractivity contribution in [2.24, 2.45) is 0 Å². The summed E-state index contributed by atoms with van der Waals surface area (Å²) >= 11 is 0. The number of furan rings is 1. The molecule has 2 N–H and O–H groups in total. The highest BCUT2D eigenvalue weighted by atomic mass is 32.2. The molecule has 1 aromatic carbocycles. The highest BCUT2D eigenvalue weighted by Crippen LogP contribution is 2.26. The maximum Gasteiger partial charge on any atom is 0.252 e. The van der Waals surface area contributed by atoms with Crippen LogP contribution >= 0.6 is 0 Å². The maximum absolute atomic E-state index is 13.2. The summed E-state index contributed by atoms with van der Waals surface area (Å²) < 4.78 is 33.0. The van der Waals surface area contributed by atoms with E-state index >= 15 is 0 Å². The van der Waals surface area contributed by atoms with E-state index in [1.54, 1.807) is 20.1 Å². The average Bonchev–Trinajstić information content (AvgIpc) is 3.54. The number of rotatable bonds is 9. The zero-order chi connectivity index (χ0) is 24.3. The monoisotopic (exact) mass is 486 g/mol. The molecule has 1 fully saturated rings. The Morgan fingerprint density at radius 3 is 2.56 bits per heavy atom. The second kappa shape index (κ2) is 10.1. The number of H-pyrrole nitrogens is 1. The van der Waals surface area contributed by atoms with E-state index in [1.165, 1.54) is 28.6 Å². The van der Waals surface area contributed by atoms with Gasteiger partial charge in [-0.05, 0) is 56.3 Å². The molecule has 0 aliphatic carbocycles. The summed E-state index contributed by atoms with van der Waals surface area (Å²) in [6.07, 6.45) is 3.80. The number of nitrogens with one attached hydrogen (secondary N) is 2. The van der Waals surface area contributed by atoms with Crippen LogP contribution < -0.4 is 10.9 Å². The predicted molar refractivity (Wildman–Crippen MR) is 129 cm³/mol. The standard InChI is InChI=1S/C24H30N4O5S/c1-3-28(4-2)34(31,32)17-9-10-20-18(14-17)19(15-23(29)26-20)24(30)25-16-21(22-8-7-13-33-22)27-11-5-6-12-27/h7-10,13-15,21H,3-6,11-12,16H2,1-2H3,(H,25,30)(H,26,29)/t21-/m1/s1. The summed E-state index contributed by atoms with van der Waals surface area (Å²) in [7, 11) is -3.72. The maximum atomic E-state index is 13.2. The zero-order valence-corrected chi connectivity index (χ0v) is 20.2. The number of hydrogen-bond donors (Lipinski definition) is 2. The number of carbonyl (C=O) groups excluding carboxylic acids is 1. The first-order chi connectivity index (χ1) is 16.3. The minimum absolute atomic E-state index is 0.0790. The van der Waals surface area contributed by atoms with Gasteiger partial charge in [-0.3, -0.25) is 14.5 Å². The first-order valence-corrected chi connectivity index (χ1v) is 13.0. The molecule has 9 nitrogen and oxygen atoms in total. The second-order valence-corrected chi connectivity index (χ2v) is 10.3. The van der Waals surface area contributed by atoms with Crippen molar-refractivity contribution in [2.45, 2.75) is 37.6 Å². The molecule has 0 spiro atoms. The summed E-state index contributed by atoms with van der Waals surface area (Å²) in [5, 5.41) is 3.31. The lowest BCUT2D eigenvalue weighted by Gasteiger charge is -2.26. The molecule has 1 aliphatic heterocycles. The quantitative estimate of drug-likeness (QED) is 0.481. The number of likely N-dealkylation sites (tertiary alicyclic amines) is 1. The molecule has 10 heteroatoms. The van der Waals surface area contributed by atoms with Crippen LogP contribution in [0.4, 0.5) is 0 Å². The van der Waals surface area contributed by atoms with Gasteiger partial charge >= 0.3 is 0 Å². The number of fused-ring (bicyclic) bond motifs is 1. The van der Waals surface area contributed by atoms with Crippen LogP contribution in [0.15, 0.2) is 56.8 Å². The number of benzene rings is 1. The molecule has 1 amide bonds. The Morgan fingerprint density at radius 2 is 1.91 bits per heavy atom. The van der Waals surface area contributed by atoms with Crippen molar-refractivity contribution in [1.29, 1.82) is 0 Å². The van der Waals surface area contributed by atoms with Gasteiger partial charge in [0.1, 0.15) is 5.76 Å². The van der Waals surface area contributed by atoms with E-state index in [9.17, 15) is 18.0 Å². The first-order valence-electron chi connectivity index (χ1n) is 11.6. The van der Waals surface area contributed by atoms with Crippen LogP contribution in [0, 0.1) is 0 Å². The Bertz CT molecular complexity index is 1310. The summed E-state index contributed by atoms with van der Waals surface area (Å²) in [5.41, 5.74) is 0.104. The van der Waals surface area contributed by atoms with Crippen molar-refractivity contribution in [1.82, 2.24) is 19.5 Å². The minimum Gasteiger partial charge on any atom is -0.468 e. The van der Waals surface area contributed by atoms with Gasteiger partial charge in [-0.25, -0.2) is 8.42 Å². The molecule has 0 radical (unpaired) electrons. The van der Waals surface area contributed by atoms with Gasteiger partial charge in [-0.1, -0.05) is 13.8 Å². The van der Waals surface area contributed by atoms with Crippen molar-refractivity contribution >= 4 is 26.8 Å². The number of aromatic amines is 1.